The van der Waals surface area contributed by atoms with E-state index in [1.807, 2.05) is 12.1 Å². The van der Waals surface area contributed by atoms with Crippen LogP contribution < -0.4 is 4.90 Å². The predicted octanol–water partition coefficient (Wildman–Crippen LogP) is 2.19. The number of hydrogen-bond donors (Lipinski definition) is 1. The summed E-state index contributed by atoms with van der Waals surface area (Å²) in [6.07, 6.45) is 0.259. The maximum absolute atomic E-state index is 11.8. The number of carboxylic acid groups (broad SMARTS) is 1. The third kappa shape index (κ3) is 1.84. The van der Waals surface area contributed by atoms with E-state index in [9.17, 15) is 19.5 Å². The molecule has 0 spiro atoms. The molecule has 100 valence electrons. The molecular weight excluding hydrogens is 258 g/mol. The summed E-state index contributed by atoms with van der Waals surface area (Å²) in [6.45, 7) is 0. The Morgan fingerprint density at radius 2 is 1.55 bits per heavy atom. The molecular formula is C15H11NO4. The van der Waals surface area contributed by atoms with Crippen LogP contribution >= 0.6 is 0 Å². The molecule has 20 heavy (non-hydrogen) atoms. The van der Waals surface area contributed by atoms with Crippen LogP contribution in [0.15, 0.2) is 36.4 Å². The standard InChI is InChI=1S/C15H11NO4/c17-13-5-6-14(18)16(13)12-8-10-4-2-1-3-9(10)7-11(12)15(19)20/h1-4,7-8H,5-6H2,(H,19,20). The molecule has 2 amide bonds. The van der Waals surface area contributed by atoms with E-state index in [0.717, 1.165) is 15.7 Å². The molecule has 2 aromatic carbocycles. The molecule has 0 aromatic heterocycles. The zero-order valence-corrected chi connectivity index (χ0v) is 10.5. The van der Waals surface area contributed by atoms with Crippen molar-refractivity contribution in [3.63, 3.8) is 0 Å². The lowest BCUT2D eigenvalue weighted by Gasteiger charge is -2.17. The number of fused-ring (bicyclic) bond motifs is 1. The van der Waals surface area contributed by atoms with E-state index in [1.165, 1.54) is 6.07 Å². The number of imide groups is 1. The van der Waals surface area contributed by atoms with E-state index in [2.05, 4.69) is 0 Å². The summed E-state index contributed by atoms with van der Waals surface area (Å²) in [7, 11) is 0. The molecule has 0 saturated carbocycles. The van der Waals surface area contributed by atoms with Crippen LogP contribution in [0.1, 0.15) is 23.2 Å². The molecule has 1 aliphatic rings. The van der Waals surface area contributed by atoms with Gasteiger partial charge in [0.25, 0.3) is 0 Å². The topological polar surface area (TPSA) is 74.7 Å². The van der Waals surface area contributed by atoms with Crippen LogP contribution in [0.4, 0.5) is 5.69 Å². The second kappa shape index (κ2) is 4.45. The minimum absolute atomic E-state index is 0.0349. The molecule has 1 saturated heterocycles. The van der Waals surface area contributed by atoms with Gasteiger partial charge in [0.2, 0.25) is 11.8 Å². The quantitative estimate of drug-likeness (QED) is 0.848. The molecule has 1 heterocycles. The van der Waals surface area contributed by atoms with Crippen LogP contribution in [0.5, 0.6) is 0 Å². The molecule has 5 heteroatoms. The van der Waals surface area contributed by atoms with Crippen molar-refractivity contribution < 1.29 is 19.5 Å². The Bertz CT molecular complexity index is 735. The van der Waals surface area contributed by atoms with Gasteiger partial charge in [0.1, 0.15) is 0 Å². The summed E-state index contributed by atoms with van der Waals surface area (Å²) in [4.78, 5) is 36.0. The largest absolute Gasteiger partial charge is 0.478 e. The van der Waals surface area contributed by atoms with Crippen LogP contribution in [0.2, 0.25) is 0 Å². The fraction of sp³-hybridized carbons (Fsp3) is 0.133. The average molecular weight is 269 g/mol. The summed E-state index contributed by atoms with van der Waals surface area (Å²) >= 11 is 0. The van der Waals surface area contributed by atoms with Crippen LogP contribution in [0.25, 0.3) is 10.8 Å². The Labute approximate surface area is 114 Å². The molecule has 1 N–H and O–H groups in total. The first-order valence-electron chi connectivity index (χ1n) is 6.20. The second-order valence-corrected chi connectivity index (χ2v) is 4.64. The number of hydrogen-bond acceptors (Lipinski definition) is 3. The number of carboxylic acids is 1. The highest BCUT2D eigenvalue weighted by Crippen LogP contribution is 2.30. The lowest BCUT2D eigenvalue weighted by Crippen LogP contribution is -2.30. The van der Waals surface area contributed by atoms with Gasteiger partial charge in [0.05, 0.1) is 11.3 Å². The summed E-state index contributed by atoms with van der Waals surface area (Å²) in [5.41, 5.74) is 0.121. The number of rotatable bonds is 2. The van der Waals surface area contributed by atoms with Crippen molar-refractivity contribution in [1.29, 1.82) is 0 Å². The lowest BCUT2D eigenvalue weighted by atomic mass is 10.0. The predicted molar refractivity (Wildman–Crippen MR) is 72.6 cm³/mol. The fourth-order valence-electron chi connectivity index (χ4n) is 2.43. The Balaban J connectivity index is 2.27. The molecule has 5 nitrogen and oxygen atoms in total. The number of benzene rings is 2. The third-order valence-electron chi connectivity index (χ3n) is 3.39. The lowest BCUT2D eigenvalue weighted by molar-refractivity contribution is -0.121. The number of carbonyl (C=O) groups excluding carboxylic acids is 2. The van der Waals surface area contributed by atoms with Crippen molar-refractivity contribution in [3.8, 4) is 0 Å². The van der Waals surface area contributed by atoms with E-state index < -0.39 is 5.97 Å². The van der Waals surface area contributed by atoms with Gasteiger partial charge in [-0.2, -0.15) is 0 Å². The smallest absolute Gasteiger partial charge is 0.337 e. The molecule has 1 aliphatic heterocycles. The van der Waals surface area contributed by atoms with Crippen molar-refractivity contribution in [2.45, 2.75) is 12.8 Å². The normalized spacial score (nSPS) is 15.1. The first-order chi connectivity index (χ1) is 9.58. The highest BCUT2D eigenvalue weighted by Gasteiger charge is 2.33. The Morgan fingerprint density at radius 3 is 2.10 bits per heavy atom. The van der Waals surface area contributed by atoms with E-state index in [1.54, 1.807) is 18.2 Å². The van der Waals surface area contributed by atoms with Gasteiger partial charge >= 0.3 is 5.97 Å². The molecule has 0 atom stereocenters. The molecule has 3 rings (SSSR count). The highest BCUT2D eigenvalue weighted by molar-refractivity contribution is 6.22. The SMILES string of the molecule is O=C(O)c1cc2ccccc2cc1N1C(=O)CCC1=O. The van der Waals surface area contributed by atoms with Crippen molar-refractivity contribution >= 4 is 34.2 Å². The second-order valence-electron chi connectivity index (χ2n) is 4.64. The fourth-order valence-corrected chi connectivity index (χ4v) is 2.43. The van der Waals surface area contributed by atoms with Gasteiger partial charge in [-0.3, -0.25) is 9.59 Å². The molecule has 0 unspecified atom stereocenters. The maximum Gasteiger partial charge on any atom is 0.337 e. The minimum Gasteiger partial charge on any atom is -0.478 e. The Hall–Kier alpha value is -2.69. The van der Waals surface area contributed by atoms with Crippen LogP contribution in [0.3, 0.4) is 0 Å². The van der Waals surface area contributed by atoms with E-state index >= 15 is 0 Å². The third-order valence-corrected chi connectivity index (χ3v) is 3.39. The number of nitrogens with zero attached hydrogens (tertiary/aromatic N) is 1. The van der Waals surface area contributed by atoms with Gasteiger partial charge in [-0.05, 0) is 22.9 Å². The number of amides is 2. The van der Waals surface area contributed by atoms with Gasteiger partial charge in [0.15, 0.2) is 0 Å². The molecule has 0 bridgehead atoms. The van der Waals surface area contributed by atoms with Gasteiger partial charge in [-0.15, -0.1) is 0 Å². The summed E-state index contributed by atoms with van der Waals surface area (Å²) in [5, 5.41) is 10.9. The van der Waals surface area contributed by atoms with Crippen molar-refractivity contribution in [1.82, 2.24) is 0 Å². The van der Waals surface area contributed by atoms with Crippen molar-refractivity contribution in [2.75, 3.05) is 4.90 Å². The highest BCUT2D eigenvalue weighted by atomic mass is 16.4. The van der Waals surface area contributed by atoms with Gasteiger partial charge in [0, 0.05) is 12.8 Å². The van der Waals surface area contributed by atoms with E-state index in [4.69, 9.17) is 0 Å². The number of anilines is 1. The first kappa shape index (κ1) is 12.3. The van der Waals surface area contributed by atoms with Crippen LogP contribution in [-0.2, 0) is 9.59 Å². The zero-order valence-electron chi connectivity index (χ0n) is 10.5. The first-order valence-corrected chi connectivity index (χ1v) is 6.20. The molecule has 2 aromatic rings. The summed E-state index contributed by atoms with van der Waals surface area (Å²) in [5.74, 6) is -1.86. The van der Waals surface area contributed by atoms with Gasteiger partial charge in [-0.1, -0.05) is 24.3 Å². The Kier molecular flexibility index (Phi) is 2.75. The maximum atomic E-state index is 11.8. The molecule has 1 fully saturated rings. The molecule has 0 aliphatic carbocycles. The Morgan fingerprint density at radius 1 is 1.00 bits per heavy atom. The average Bonchev–Trinajstić information content (AvgIpc) is 2.76. The van der Waals surface area contributed by atoms with Crippen LogP contribution in [0, 0.1) is 0 Å². The number of carbonyl (C=O) groups is 3. The van der Waals surface area contributed by atoms with Gasteiger partial charge < -0.3 is 5.11 Å². The summed E-state index contributed by atoms with van der Waals surface area (Å²) < 4.78 is 0. The molecule has 0 radical (unpaired) electrons. The van der Waals surface area contributed by atoms with E-state index in [0.29, 0.717) is 0 Å². The monoisotopic (exact) mass is 269 g/mol. The van der Waals surface area contributed by atoms with Crippen LogP contribution in [-0.4, -0.2) is 22.9 Å². The number of aromatic carboxylic acids is 1. The van der Waals surface area contributed by atoms with E-state index in [-0.39, 0.29) is 35.9 Å². The minimum atomic E-state index is -1.15. The van der Waals surface area contributed by atoms with Crippen molar-refractivity contribution in [3.05, 3.63) is 42.0 Å². The summed E-state index contributed by atoms with van der Waals surface area (Å²) in [6, 6.07) is 10.3. The zero-order chi connectivity index (χ0) is 14.3. The van der Waals surface area contributed by atoms with Crippen molar-refractivity contribution in [2.24, 2.45) is 0 Å². The van der Waals surface area contributed by atoms with Gasteiger partial charge in [-0.25, -0.2) is 9.69 Å².